The minimum absolute atomic E-state index is 0.0572. The minimum atomic E-state index is 0.0572. The molecule has 5 heteroatoms. The summed E-state index contributed by atoms with van der Waals surface area (Å²) in [7, 11) is 1.65. The number of hydrogen-bond donors (Lipinski definition) is 2. The van der Waals surface area contributed by atoms with Crippen LogP contribution in [0.4, 0.5) is 0 Å². The van der Waals surface area contributed by atoms with Gasteiger partial charge in [-0.25, -0.2) is 4.98 Å². The van der Waals surface area contributed by atoms with E-state index in [-0.39, 0.29) is 5.91 Å². The normalized spacial score (nSPS) is 10.6. The average molecular weight is 249 g/mol. The highest BCUT2D eigenvalue weighted by atomic mass is 32.1. The Kier molecular flexibility index (Phi) is 4.06. The number of hydrogen-bond acceptors (Lipinski definition) is 4. The van der Waals surface area contributed by atoms with Gasteiger partial charge in [0.15, 0.2) is 0 Å². The Morgan fingerprint density at radius 1 is 1.41 bits per heavy atom. The third-order valence-corrected chi connectivity index (χ3v) is 3.46. The molecule has 0 aliphatic heterocycles. The van der Waals surface area contributed by atoms with Crippen LogP contribution in [0.5, 0.6) is 0 Å². The van der Waals surface area contributed by atoms with Crippen LogP contribution in [0.3, 0.4) is 0 Å². The standard InChI is InChI=1S/C12H15N3OS/c1-13-11(16)6-7-14-8-12-15-9-4-2-3-5-10(9)17-12/h2-5,14H,6-8H2,1H3,(H,13,16). The fourth-order valence-corrected chi connectivity index (χ4v) is 2.45. The number of thiazole rings is 1. The van der Waals surface area contributed by atoms with Gasteiger partial charge in [0.05, 0.1) is 10.2 Å². The molecule has 0 saturated carbocycles. The maximum Gasteiger partial charge on any atom is 0.221 e. The molecule has 2 aromatic rings. The second-order valence-electron chi connectivity index (χ2n) is 3.68. The van der Waals surface area contributed by atoms with E-state index in [1.54, 1.807) is 18.4 Å². The van der Waals surface area contributed by atoms with Gasteiger partial charge in [0.1, 0.15) is 5.01 Å². The topological polar surface area (TPSA) is 54.0 Å². The lowest BCUT2D eigenvalue weighted by Gasteiger charge is -2.01. The third kappa shape index (κ3) is 3.25. The van der Waals surface area contributed by atoms with E-state index in [9.17, 15) is 4.79 Å². The first-order valence-electron chi connectivity index (χ1n) is 5.55. The van der Waals surface area contributed by atoms with Crippen molar-refractivity contribution in [3.63, 3.8) is 0 Å². The van der Waals surface area contributed by atoms with Gasteiger partial charge < -0.3 is 10.6 Å². The summed E-state index contributed by atoms with van der Waals surface area (Å²) in [5.41, 5.74) is 1.04. The van der Waals surface area contributed by atoms with Crippen LogP contribution in [0, 0.1) is 0 Å². The highest BCUT2D eigenvalue weighted by Crippen LogP contribution is 2.21. The molecule has 0 aliphatic carbocycles. The van der Waals surface area contributed by atoms with Crippen molar-refractivity contribution in [3.8, 4) is 0 Å². The SMILES string of the molecule is CNC(=O)CCNCc1nc2ccccc2s1. The number of benzene rings is 1. The Balaban J connectivity index is 1.85. The Bertz CT molecular complexity index is 476. The average Bonchev–Trinajstić information content (AvgIpc) is 2.76. The molecule has 4 nitrogen and oxygen atoms in total. The van der Waals surface area contributed by atoms with E-state index in [1.165, 1.54) is 4.70 Å². The van der Waals surface area contributed by atoms with Gasteiger partial charge in [0.2, 0.25) is 5.91 Å². The molecule has 1 heterocycles. The van der Waals surface area contributed by atoms with Crippen LogP contribution in [0.1, 0.15) is 11.4 Å². The summed E-state index contributed by atoms with van der Waals surface area (Å²) >= 11 is 1.69. The highest BCUT2D eigenvalue weighted by molar-refractivity contribution is 7.18. The summed E-state index contributed by atoms with van der Waals surface area (Å²) in [5, 5.41) is 6.87. The van der Waals surface area contributed by atoms with Gasteiger partial charge in [0.25, 0.3) is 0 Å². The number of carbonyl (C=O) groups excluding carboxylic acids is 1. The zero-order valence-electron chi connectivity index (χ0n) is 9.69. The molecule has 2 rings (SSSR count). The number of aromatic nitrogens is 1. The van der Waals surface area contributed by atoms with Crippen molar-refractivity contribution in [1.29, 1.82) is 0 Å². The molecule has 1 aromatic heterocycles. The first-order chi connectivity index (χ1) is 8.29. The molecule has 1 aromatic carbocycles. The maximum atomic E-state index is 11.0. The lowest BCUT2D eigenvalue weighted by atomic mass is 10.3. The summed E-state index contributed by atoms with van der Waals surface area (Å²) in [5.74, 6) is 0.0572. The van der Waals surface area contributed by atoms with Gasteiger partial charge in [-0.15, -0.1) is 11.3 Å². The van der Waals surface area contributed by atoms with Crippen molar-refractivity contribution in [2.24, 2.45) is 0 Å². The predicted molar refractivity (Wildman–Crippen MR) is 70.0 cm³/mol. The van der Waals surface area contributed by atoms with Gasteiger partial charge in [-0.3, -0.25) is 4.79 Å². The molecule has 0 fully saturated rings. The van der Waals surface area contributed by atoms with E-state index in [0.717, 1.165) is 17.1 Å². The number of para-hydroxylation sites is 1. The molecule has 0 spiro atoms. The Labute approximate surface area is 104 Å². The molecule has 0 atom stereocenters. The molecule has 0 radical (unpaired) electrons. The van der Waals surface area contributed by atoms with Crippen molar-refractivity contribution >= 4 is 27.5 Å². The van der Waals surface area contributed by atoms with E-state index in [0.29, 0.717) is 13.0 Å². The number of nitrogens with zero attached hydrogens (tertiary/aromatic N) is 1. The maximum absolute atomic E-state index is 11.0. The molecule has 90 valence electrons. The monoisotopic (exact) mass is 249 g/mol. The Morgan fingerprint density at radius 2 is 2.24 bits per heavy atom. The largest absolute Gasteiger partial charge is 0.359 e. The summed E-state index contributed by atoms with van der Waals surface area (Å²) in [6.07, 6.45) is 0.501. The van der Waals surface area contributed by atoms with Gasteiger partial charge in [-0.1, -0.05) is 12.1 Å². The number of fused-ring (bicyclic) bond motifs is 1. The Hall–Kier alpha value is -1.46. The van der Waals surface area contributed by atoms with Crippen LogP contribution in [0.25, 0.3) is 10.2 Å². The molecule has 0 bridgehead atoms. The fourth-order valence-electron chi connectivity index (χ4n) is 1.52. The second-order valence-corrected chi connectivity index (χ2v) is 4.79. The third-order valence-electron chi connectivity index (χ3n) is 2.42. The molecule has 17 heavy (non-hydrogen) atoms. The van der Waals surface area contributed by atoms with Gasteiger partial charge >= 0.3 is 0 Å². The summed E-state index contributed by atoms with van der Waals surface area (Å²) in [4.78, 5) is 15.5. The number of amides is 1. The predicted octanol–water partition coefficient (Wildman–Crippen LogP) is 1.52. The molecule has 2 N–H and O–H groups in total. The van der Waals surface area contributed by atoms with E-state index in [2.05, 4.69) is 21.7 Å². The van der Waals surface area contributed by atoms with Crippen molar-refractivity contribution in [1.82, 2.24) is 15.6 Å². The molecule has 0 aliphatic rings. The second kappa shape index (κ2) is 5.75. The van der Waals surface area contributed by atoms with Crippen LogP contribution in [0.15, 0.2) is 24.3 Å². The van der Waals surface area contributed by atoms with E-state index in [4.69, 9.17) is 0 Å². The first-order valence-corrected chi connectivity index (χ1v) is 6.37. The van der Waals surface area contributed by atoms with Gasteiger partial charge in [-0.05, 0) is 12.1 Å². The van der Waals surface area contributed by atoms with E-state index < -0.39 is 0 Å². The van der Waals surface area contributed by atoms with Crippen molar-refractivity contribution in [2.45, 2.75) is 13.0 Å². The number of rotatable bonds is 5. The van der Waals surface area contributed by atoms with Crippen LogP contribution < -0.4 is 10.6 Å². The summed E-state index contributed by atoms with van der Waals surface area (Å²) < 4.78 is 1.20. The van der Waals surface area contributed by atoms with Crippen LogP contribution in [0.2, 0.25) is 0 Å². The van der Waals surface area contributed by atoms with Crippen molar-refractivity contribution in [2.75, 3.05) is 13.6 Å². The molecular weight excluding hydrogens is 234 g/mol. The molecule has 1 amide bonds. The van der Waals surface area contributed by atoms with Gasteiger partial charge in [-0.2, -0.15) is 0 Å². The zero-order chi connectivity index (χ0) is 12.1. The van der Waals surface area contributed by atoms with Crippen LogP contribution in [-0.2, 0) is 11.3 Å². The van der Waals surface area contributed by atoms with E-state index in [1.807, 2.05) is 18.2 Å². The fraction of sp³-hybridized carbons (Fsp3) is 0.333. The van der Waals surface area contributed by atoms with E-state index >= 15 is 0 Å². The smallest absolute Gasteiger partial charge is 0.221 e. The Morgan fingerprint density at radius 3 is 3.00 bits per heavy atom. The number of nitrogens with one attached hydrogen (secondary N) is 2. The lowest BCUT2D eigenvalue weighted by molar-refractivity contribution is -0.120. The highest BCUT2D eigenvalue weighted by Gasteiger charge is 2.02. The summed E-state index contributed by atoms with van der Waals surface area (Å²) in [6, 6.07) is 8.09. The van der Waals surface area contributed by atoms with Gasteiger partial charge in [0, 0.05) is 26.6 Å². The number of carbonyl (C=O) groups is 1. The van der Waals surface area contributed by atoms with Crippen LogP contribution >= 0.6 is 11.3 Å². The van der Waals surface area contributed by atoms with Crippen LogP contribution in [-0.4, -0.2) is 24.5 Å². The molecule has 0 saturated heterocycles. The quantitative estimate of drug-likeness (QED) is 0.790. The minimum Gasteiger partial charge on any atom is -0.359 e. The molecular formula is C12H15N3OS. The molecule has 0 unspecified atom stereocenters. The summed E-state index contributed by atoms with van der Waals surface area (Å²) in [6.45, 7) is 1.39. The van der Waals surface area contributed by atoms with Crippen molar-refractivity contribution < 1.29 is 4.79 Å². The zero-order valence-corrected chi connectivity index (χ0v) is 10.5. The first kappa shape index (κ1) is 12.0. The lowest BCUT2D eigenvalue weighted by Crippen LogP contribution is -2.24. The van der Waals surface area contributed by atoms with Crippen molar-refractivity contribution in [3.05, 3.63) is 29.3 Å².